The Morgan fingerprint density at radius 3 is 3.11 bits per heavy atom. The average molecular weight is 283 g/mol. The summed E-state index contributed by atoms with van der Waals surface area (Å²) in [6.45, 7) is 2.35. The van der Waals surface area contributed by atoms with Gasteiger partial charge in [0.25, 0.3) is 0 Å². The van der Waals surface area contributed by atoms with Crippen LogP contribution >= 0.6 is 23.1 Å². The zero-order chi connectivity index (χ0) is 12.4. The van der Waals surface area contributed by atoms with Crippen LogP contribution in [0, 0.1) is 0 Å². The molecule has 1 aliphatic carbocycles. The third-order valence-electron chi connectivity index (χ3n) is 3.78. The number of nitrogens with zero attached hydrogens (tertiary/aromatic N) is 2. The van der Waals surface area contributed by atoms with E-state index in [2.05, 4.69) is 29.0 Å². The lowest BCUT2D eigenvalue weighted by molar-refractivity contribution is 0.501. The van der Waals surface area contributed by atoms with Crippen molar-refractivity contribution in [3.05, 3.63) is 10.6 Å². The van der Waals surface area contributed by atoms with Crippen LogP contribution in [0.4, 0.5) is 5.13 Å². The Morgan fingerprint density at radius 1 is 1.28 bits per heavy atom. The fourth-order valence-electron chi connectivity index (χ4n) is 2.75. The second-order valence-electron chi connectivity index (χ2n) is 4.99. The van der Waals surface area contributed by atoms with Gasteiger partial charge in [0, 0.05) is 29.8 Å². The minimum absolute atomic E-state index is 0.543. The van der Waals surface area contributed by atoms with Crippen molar-refractivity contribution in [3.8, 4) is 0 Å². The van der Waals surface area contributed by atoms with E-state index in [4.69, 9.17) is 4.98 Å². The van der Waals surface area contributed by atoms with Gasteiger partial charge in [-0.2, -0.15) is 11.8 Å². The fourth-order valence-corrected chi connectivity index (χ4v) is 4.95. The van der Waals surface area contributed by atoms with Crippen LogP contribution in [0.2, 0.25) is 0 Å². The van der Waals surface area contributed by atoms with Crippen molar-refractivity contribution >= 4 is 28.2 Å². The summed E-state index contributed by atoms with van der Waals surface area (Å²) >= 11 is 4.00. The highest BCUT2D eigenvalue weighted by molar-refractivity contribution is 7.99. The number of aryl methyl sites for hydroxylation is 1. The Labute approximate surface area is 117 Å². The van der Waals surface area contributed by atoms with Crippen molar-refractivity contribution in [2.24, 2.45) is 0 Å². The van der Waals surface area contributed by atoms with Crippen LogP contribution in [0.1, 0.15) is 35.9 Å². The first-order valence-corrected chi connectivity index (χ1v) is 8.85. The molecule has 0 aromatic carbocycles. The predicted molar refractivity (Wildman–Crippen MR) is 81.0 cm³/mol. The van der Waals surface area contributed by atoms with E-state index in [0.29, 0.717) is 6.04 Å². The van der Waals surface area contributed by atoms with Gasteiger partial charge in [-0.3, -0.25) is 0 Å². The highest BCUT2D eigenvalue weighted by atomic mass is 32.2. The van der Waals surface area contributed by atoms with Gasteiger partial charge >= 0.3 is 0 Å². The molecule has 0 spiro atoms. The molecule has 0 radical (unpaired) electrons. The molecule has 1 unspecified atom stereocenters. The molecule has 1 N–H and O–H groups in total. The molecule has 3 nitrogen and oxygen atoms in total. The standard InChI is InChI=1S/C13H21N3S2/c1-14-10-4-2-5-11-12(10)18-13(15-11)16-6-3-8-17-9-7-16/h10,14H,2-9H2,1H3. The molecule has 100 valence electrons. The summed E-state index contributed by atoms with van der Waals surface area (Å²) in [6, 6.07) is 0.543. The lowest BCUT2D eigenvalue weighted by atomic mass is 9.98. The number of hydrogen-bond acceptors (Lipinski definition) is 5. The quantitative estimate of drug-likeness (QED) is 0.903. The van der Waals surface area contributed by atoms with Crippen molar-refractivity contribution in [3.63, 3.8) is 0 Å². The lowest BCUT2D eigenvalue weighted by Gasteiger charge is -2.20. The molecule has 1 saturated heterocycles. The van der Waals surface area contributed by atoms with Crippen molar-refractivity contribution in [2.75, 3.05) is 36.5 Å². The van der Waals surface area contributed by atoms with Gasteiger partial charge in [0.1, 0.15) is 0 Å². The molecule has 1 aliphatic heterocycles. The van der Waals surface area contributed by atoms with E-state index >= 15 is 0 Å². The van der Waals surface area contributed by atoms with E-state index < -0.39 is 0 Å². The summed E-state index contributed by atoms with van der Waals surface area (Å²) in [7, 11) is 2.07. The van der Waals surface area contributed by atoms with Crippen LogP contribution in [-0.2, 0) is 6.42 Å². The van der Waals surface area contributed by atoms with Crippen LogP contribution in [0.25, 0.3) is 0 Å². The Morgan fingerprint density at radius 2 is 2.22 bits per heavy atom. The second kappa shape index (κ2) is 5.80. The summed E-state index contributed by atoms with van der Waals surface area (Å²) < 4.78 is 0. The SMILES string of the molecule is CNC1CCCc2nc(N3CCCSCC3)sc21. The molecule has 1 aromatic rings. The summed E-state index contributed by atoms with van der Waals surface area (Å²) in [5.74, 6) is 2.56. The number of thiazole rings is 1. The third kappa shape index (κ3) is 2.53. The Kier molecular flexibility index (Phi) is 4.11. The molecule has 18 heavy (non-hydrogen) atoms. The smallest absolute Gasteiger partial charge is 0.185 e. The molecule has 2 heterocycles. The van der Waals surface area contributed by atoms with E-state index in [1.54, 1.807) is 0 Å². The van der Waals surface area contributed by atoms with Gasteiger partial charge in [-0.1, -0.05) is 11.3 Å². The van der Waals surface area contributed by atoms with Crippen molar-refractivity contribution in [2.45, 2.75) is 31.7 Å². The molecule has 3 rings (SSSR count). The predicted octanol–water partition coefficient (Wildman–Crippen LogP) is 2.68. The van der Waals surface area contributed by atoms with Gasteiger partial charge in [-0.05, 0) is 38.5 Å². The highest BCUT2D eigenvalue weighted by Crippen LogP contribution is 2.37. The van der Waals surface area contributed by atoms with Gasteiger partial charge in [0.15, 0.2) is 5.13 Å². The maximum Gasteiger partial charge on any atom is 0.185 e. The van der Waals surface area contributed by atoms with Crippen molar-refractivity contribution in [1.29, 1.82) is 0 Å². The monoisotopic (exact) mass is 283 g/mol. The maximum absolute atomic E-state index is 4.91. The van der Waals surface area contributed by atoms with Gasteiger partial charge in [-0.15, -0.1) is 0 Å². The molecule has 0 amide bonds. The van der Waals surface area contributed by atoms with Gasteiger partial charge in [0.2, 0.25) is 0 Å². The summed E-state index contributed by atoms with van der Waals surface area (Å²) in [5.41, 5.74) is 1.36. The molecular formula is C13H21N3S2. The number of rotatable bonds is 2. The van der Waals surface area contributed by atoms with E-state index in [1.165, 1.54) is 66.0 Å². The summed E-state index contributed by atoms with van der Waals surface area (Å²) in [6.07, 6.45) is 5.01. The molecule has 5 heteroatoms. The summed E-state index contributed by atoms with van der Waals surface area (Å²) in [4.78, 5) is 8.90. The zero-order valence-electron chi connectivity index (χ0n) is 10.9. The van der Waals surface area contributed by atoms with E-state index in [9.17, 15) is 0 Å². The normalized spacial score (nSPS) is 24.7. The van der Waals surface area contributed by atoms with Crippen molar-refractivity contribution in [1.82, 2.24) is 10.3 Å². The molecule has 1 fully saturated rings. The minimum atomic E-state index is 0.543. The number of hydrogen-bond donors (Lipinski definition) is 1. The number of anilines is 1. The number of fused-ring (bicyclic) bond motifs is 1. The molecule has 2 aliphatic rings. The average Bonchev–Trinajstić information content (AvgIpc) is 2.65. The van der Waals surface area contributed by atoms with Crippen LogP contribution < -0.4 is 10.2 Å². The van der Waals surface area contributed by atoms with E-state index in [0.717, 1.165) is 0 Å². The van der Waals surface area contributed by atoms with E-state index in [-0.39, 0.29) is 0 Å². The van der Waals surface area contributed by atoms with Crippen LogP contribution in [0.5, 0.6) is 0 Å². The number of aromatic nitrogens is 1. The second-order valence-corrected chi connectivity index (χ2v) is 7.23. The first-order valence-electron chi connectivity index (χ1n) is 6.88. The van der Waals surface area contributed by atoms with Gasteiger partial charge in [0.05, 0.1) is 5.69 Å². The van der Waals surface area contributed by atoms with Gasteiger partial charge in [-0.25, -0.2) is 4.98 Å². The molecular weight excluding hydrogens is 262 g/mol. The lowest BCUT2D eigenvalue weighted by Crippen LogP contribution is -2.25. The zero-order valence-corrected chi connectivity index (χ0v) is 12.6. The minimum Gasteiger partial charge on any atom is -0.347 e. The Hall–Kier alpha value is -0.260. The van der Waals surface area contributed by atoms with E-state index in [1.807, 2.05) is 11.3 Å². The largest absolute Gasteiger partial charge is 0.347 e. The number of thioether (sulfide) groups is 1. The van der Waals surface area contributed by atoms with Crippen molar-refractivity contribution < 1.29 is 0 Å². The first kappa shape index (κ1) is 12.8. The Balaban J connectivity index is 1.82. The molecule has 0 bridgehead atoms. The maximum atomic E-state index is 4.91. The topological polar surface area (TPSA) is 28.2 Å². The van der Waals surface area contributed by atoms with Crippen LogP contribution in [0.15, 0.2) is 0 Å². The molecule has 1 atom stereocenters. The summed E-state index contributed by atoms with van der Waals surface area (Å²) in [5, 5.41) is 4.70. The van der Waals surface area contributed by atoms with Crippen LogP contribution in [0.3, 0.4) is 0 Å². The third-order valence-corrected chi connectivity index (χ3v) is 6.10. The Bertz CT molecular complexity index is 397. The molecule has 1 aromatic heterocycles. The van der Waals surface area contributed by atoms with Crippen LogP contribution in [-0.4, -0.2) is 36.6 Å². The number of nitrogens with one attached hydrogen (secondary N) is 1. The van der Waals surface area contributed by atoms with Gasteiger partial charge < -0.3 is 10.2 Å². The highest BCUT2D eigenvalue weighted by Gasteiger charge is 2.25. The fraction of sp³-hybridized carbons (Fsp3) is 0.769. The molecule has 0 saturated carbocycles. The first-order chi connectivity index (χ1) is 8.88.